The van der Waals surface area contributed by atoms with Gasteiger partial charge in [-0.1, -0.05) is 15.9 Å². The van der Waals surface area contributed by atoms with Gasteiger partial charge in [0.15, 0.2) is 0 Å². The van der Waals surface area contributed by atoms with E-state index in [0.717, 1.165) is 4.47 Å². The standard InChI is InChI=1S/C13H12BrN3O2/c1-19-11-5-9(14)4-10(6-11)17-13(18)8-2-3-12(15)16-7-8/h2-7H,1H3,(H2,15,16)(H,17,18). The van der Waals surface area contributed by atoms with Crippen LogP contribution in [0.25, 0.3) is 0 Å². The topological polar surface area (TPSA) is 77.2 Å². The fourth-order valence-electron chi connectivity index (χ4n) is 1.50. The number of rotatable bonds is 3. The zero-order valence-electron chi connectivity index (χ0n) is 10.2. The van der Waals surface area contributed by atoms with Crippen LogP contribution in [-0.2, 0) is 0 Å². The molecule has 0 saturated carbocycles. The fraction of sp³-hybridized carbons (Fsp3) is 0.0769. The predicted octanol–water partition coefficient (Wildman–Crippen LogP) is 2.69. The summed E-state index contributed by atoms with van der Waals surface area (Å²) in [5.74, 6) is 0.772. The number of halogens is 1. The molecule has 19 heavy (non-hydrogen) atoms. The van der Waals surface area contributed by atoms with Gasteiger partial charge in [-0.05, 0) is 24.3 Å². The van der Waals surface area contributed by atoms with Crippen molar-refractivity contribution in [3.63, 3.8) is 0 Å². The van der Waals surface area contributed by atoms with Gasteiger partial charge in [-0.2, -0.15) is 0 Å². The lowest BCUT2D eigenvalue weighted by atomic mass is 10.2. The van der Waals surface area contributed by atoms with Crippen molar-refractivity contribution in [1.82, 2.24) is 4.98 Å². The molecular weight excluding hydrogens is 310 g/mol. The summed E-state index contributed by atoms with van der Waals surface area (Å²) >= 11 is 3.35. The van der Waals surface area contributed by atoms with Crippen LogP contribution in [0.15, 0.2) is 41.0 Å². The van der Waals surface area contributed by atoms with E-state index in [0.29, 0.717) is 22.8 Å². The fourth-order valence-corrected chi connectivity index (χ4v) is 1.97. The number of benzene rings is 1. The van der Waals surface area contributed by atoms with Crippen LogP contribution in [0.4, 0.5) is 11.5 Å². The molecule has 5 nitrogen and oxygen atoms in total. The molecule has 1 aromatic carbocycles. The maximum atomic E-state index is 12.0. The molecular formula is C13H12BrN3O2. The first-order valence-corrected chi connectivity index (χ1v) is 6.25. The molecule has 0 spiro atoms. The first-order chi connectivity index (χ1) is 9.08. The molecule has 3 N–H and O–H groups in total. The first kappa shape index (κ1) is 13.4. The van der Waals surface area contributed by atoms with E-state index in [1.54, 1.807) is 37.4 Å². The molecule has 0 aliphatic rings. The Morgan fingerprint density at radius 2 is 2.16 bits per heavy atom. The lowest BCUT2D eigenvalue weighted by Gasteiger charge is -2.08. The molecule has 6 heteroatoms. The quantitative estimate of drug-likeness (QED) is 0.911. The minimum absolute atomic E-state index is 0.257. The molecule has 2 aromatic rings. The van der Waals surface area contributed by atoms with Gasteiger partial charge >= 0.3 is 0 Å². The minimum Gasteiger partial charge on any atom is -0.497 e. The summed E-state index contributed by atoms with van der Waals surface area (Å²) in [6.07, 6.45) is 1.43. The molecule has 2 rings (SSSR count). The summed E-state index contributed by atoms with van der Waals surface area (Å²) in [6.45, 7) is 0. The van der Waals surface area contributed by atoms with Crippen molar-refractivity contribution >= 4 is 33.3 Å². The number of anilines is 2. The van der Waals surface area contributed by atoms with Crippen LogP contribution < -0.4 is 15.8 Å². The largest absolute Gasteiger partial charge is 0.497 e. The van der Waals surface area contributed by atoms with E-state index in [-0.39, 0.29) is 5.91 Å². The van der Waals surface area contributed by atoms with Crippen LogP contribution >= 0.6 is 15.9 Å². The highest BCUT2D eigenvalue weighted by molar-refractivity contribution is 9.10. The summed E-state index contributed by atoms with van der Waals surface area (Å²) < 4.78 is 5.95. The average Bonchev–Trinajstić information content (AvgIpc) is 2.38. The second-order valence-corrected chi connectivity index (χ2v) is 4.72. The molecule has 0 aliphatic heterocycles. The number of carbonyl (C=O) groups is 1. The number of hydrogen-bond donors (Lipinski definition) is 2. The van der Waals surface area contributed by atoms with Gasteiger partial charge in [0.1, 0.15) is 11.6 Å². The number of pyridine rings is 1. The summed E-state index contributed by atoms with van der Waals surface area (Å²) in [5, 5.41) is 2.76. The van der Waals surface area contributed by atoms with Crippen LogP contribution in [0.3, 0.4) is 0 Å². The lowest BCUT2D eigenvalue weighted by molar-refractivity contribution is 0.102. The van der Waals surface area contributed by atoms with Gasteiger partial charge in [0.25, 0.3) is 5.91 Å². The Balaban J connectivity index is 2.18. The van der Waals surface area contributed by atoms with Gasteiger partial charge in [-0.3, -0.25) is 4.79 Å². The van der Waals surface area contributed by atoms with E-state index < -0.39 is 0 Å². The van der Waals surface area contributed by atoms with Crippen molar-refractivity contribution in [1.29, 1.82) is 0 Å². The van der Waals surface area contributed by atoms with Crippen molar-refractivity contribution in [3.8, 4) is 5.75 Å². The maximum absolute atomic E-state index is 12.0. The number of nitrogen functional groups attached to an aromatic ring is 1. The van der Waals surface area contributed by atoms with E-state index >= 15 is 0 Å². The molecule has 1 aromatic heterocycles. The Morgan fingerprint density at radius 3 is 2.79 bits per heavy atom. The van der Waals surface area contributed by atoms with Crippen molar-refractivity contribution in [2.24, 2.45) is 0 Å². The van der Waals surface area contributed by atoms with E-state index in [1.807, 2.05) is 0 Å². The molecule has 0 atom stereocenters. The number of methoxy groups -OCH3 is 1. The third-order valence-corrected chi connectivity index (χ3v) is 2.87. The van der Waals surface area contributed by atoms with E-state index in [4.69, 9.17) is 10.5 Å². The first-order valence-electron chi connectivity index (χ1n) is 5.46. The highest BCUT2D eigenvalue weighted by atomic mass is 79.9. The highest BCUT2D eigenvalue weighted by Gasteiger charge is 2.08. The number of amides is 1. The summed E-state index contributed by atoms with van der Waals surface area (Å²) in [5.41, 5.74) is 6.54. The summed E-state index contributed by atoms with van der Waals surface area (Å²) in [6, 6.07) is 8.52. The zero-order valence-corrected chi connectivity index (χ0v) is 11.8. The number of ether oxygens (including phenoxy) is 1. The van der Waals surface area contributed by atoms with Gasteiger partial charge in [-0.15, -0.1) is 0 Å². The monoisotopic (exact) mass is 321 g/mol. The third-order valence-electron chi connectivity index (χ3n) is 2.41. The minimum atomic E-state index is -0.257. The number of hydrogen-bond acceptors (Lipinski definition) is 4. The Hall–Kier alpha value is -2.08. The van der Waals surface area contributed by atoms with Crippen LogP contribution in [0.5, 0.6) is 5.75 Å². The molecule has 1 amide bonds. The van der Waals surface area contributed by atoms with Gasteiger partial charge in [0.2, 0.25) is 0 Å². The second kappa shape index (κ2) is 5.71. The van der Waals surface area contributed by atoms with E-state index in [1.165, 1.54) is 6.20 Å². The van der Waals surface area contributed by atoms with E-state index in [2.05, 4.69) is 26.2 Å². The highest BCUT2D eigenvalue weighted by Crippen LogP contribution is 2.24. The zero-order chi connectivity index (χ0) is 13.8. The molecule has 98 valence electrons. The van der Waals surface area contributed by atoms with Gasteiger partial charge in [0.05, 0.1) is 12.7 Å². The Morgan fingerprint density at radius 1 is 1.37 bits per heavy atom. The predicted molar refractivity (Wildman–Crippen MR) is 77.3 cm³/mol. The third kappa shape index (κ3) is 3.45. The smallest absolute Gasteiger partial charge is 0.257 e. The molecule has 0 fully saturated rings. The molecule has 0 bridgehead atoms. The van der Waals surface area contributed by atoms with Crippen molar-refractivity contribution in [2.45, 2.75) is 0 Å². The van der Waals surface area contributed by atoms with Gasteiger partial charge in [0, 0.05) is 22.4 Å². The Kier molecular flexibility index (Phi) is 4.01. The number of nitrogens with one attached hydrogen (secondary N) is 1. The Bertz CT molecular complexity index is 599. The molecule has 1 heterocycles. The van der Waals surface area contributed by atoms with Crippen LogP contribution in [-0.4, -0.2) is 18.0 Å². The van der Waals surface area contributed by atoms with Crippen LogP contribution in [0.2, 0.25) is 0 Å². The number of nitrogens with two attached hydrogens (primary N) is 1. The summed E-state index contributed by atoms with van der Waals surface area (Å²) in [4.78, 5) is 15.9. The van der Waals surface area contributed by atoms with Crippen LogP contribution in [0, 0.1) is 0 Å². The van der Waals surface area contributed by atoms with Crippen molar-refractivity contribution < 1.29 is 9.53 Å². The molecule has 0 radical (unpaired) electrons. The van der Waals surface area contributed by atoms with Gasteiger partial charge in [-0.25, -0.2) is 4.98 Å². The molecule has 0 saturated heterocycles. The second-order valence-electron chi connectivity index (χ2n) is 3.81. The Labute approximate surface area is 118 Å². The van der Waals surface area contributed by atoms with E-state index in [9.17, 15) is 4.79 Å². The normalized spacial score (nSPS) is 10.0. The van der Waals surface area contributed by atoms with Crippen molar-refractivity contribution in [3.05, 3.63) is 46.6 Å². The molecule has 0 aliphatic carbocycles. The number of nitrogens with zero attached hydrogens (tertiary/aromatic N) is 1. The molecule has 0 unspecified atom stereocenters. The summed E-state index contributed by atoms with van der Waals surface area (Å²) in [7, 11) is 1.57. The SMILES string of the molecule is COc1cc(Br)cc(NC(=O)c2ccc(N)nc2)c1. The number of aromatic nitrogens is 1. The van der Waals surface area contributed by atoms with Gasteiger partial charge < -0.3 is 15.8 Å². The lowest BCUT2D eigenvalue weighted by Crippen LogP contribution is -2.12. The van der Waals surface area contributed by atoms with Crippen LogP contribution in [0.1, 0.15) is 10.4 Å². The average molecular weight is 322 g/mol. The maximum Gasteiger partial charge on any atom is 0.257 e. The van der Waals surface area contributed by atoms with Crippen molar-refractivity contribution in [2.75, 3.05) is 18.2 Å². The number of carbonyl (C=O) groups excluding carboxylic acids is 1.